The fraction of sp³-hybridized carbons (Fsp3) is 0.429. The number of ether oxygens (including phenoxy) is 2. The molecule has 2 aromatic rings. The van der Waals surface area contributed by atoms with Gasteiger partial charge in [-0.1, -0.05) is 48.9 Å². The molecule has 0 radical (unpaired) electrons. The van der Waals surface area contributed by atoms with Gasteiger partial charge in [0.1, 0.15) is 6.61 Å². The van der Waals surface area contributed by atoms with E-state index < -0.39 is 0 Å². The minimum Gasteiger partial charge on any atom is -0.490 e. The van der Waals surface area contributed by atoms with Crippen molar-refractivity contribution in [2.24, 2.45) is 0 Å². The van der Waals surface area contributed by atoms with Crippen LogP contribution in [-0.2, 0) is 13.2 Å². The molecule has 0 heterocycles. The molecular formula is C21H28ClNO2. The van der Waals surface area contributed by atoms with Crippen molar-refractivity contribution in [2.45, 2.75) is 52.8 Å². The Hall–Kier alpha value is -1.71. The molecule has 0 fully saturated rings. The van der Waals surface area contributed by atoms with E-state index in [0.29, 0.717) is 30.5 Å². The fourth-order valence-corrected chi connectivity index (χ4v) is 2.51. The maximum absolute atomic E-state index is 6.48. The van der Waals surface area contributed by atoms with Crippen LogP contribution in [0.25, 0.3) is 0 Å². The van der Waals surface area contributed by atoms with Gasteiger partial charge >= 0.3 is 0 Å². The summed E-state index contributed by atoms with van der Waals surface area (Å²) < 4.78 is 11.7. The van der Waals surface area contributed by atoms with Gasteiger partial charge in [-0.2, -0.15) is 0 Å². The first-order valence-corrected chi connectivity index (χ1v) is 9.20. The number of hydrogen-bond acceptors (Lipinski definition) is 3. The van der Waals surface area contributed by atoms with Gasteiger partial charge in [0, 0.05) is 23.2 Å². The molecule has 4 heteroatoms. The molecule has 0 spiro atoms. The summed E-state index contributed by atoms with van der Waals surface area (Å²) in [6, 6.07) is 13.9. The zero-order chi connectivity index (χ0) is 18.3. The second kappa shape index (κ2) is 9.12. The van der Waals surface area contributed by atoms with Crippen molar-refractivity contribution in [3.8, 4) is 11.5 Å². The smallest absolute Gasteiger partial charge is 0.163 e. The Labute approximate surface area is 156 Å². The van der Waals surface area contributed by atoms with Crippen molar-refractivity contribution >= 4 is 11.6 Å². The van der Waals surface area contributed by atoms with Crippen molar-refractivity contribution in [1.82, 2.24) is 5.32 Å². The summed E-state index contributed by atoms with van der Waals surface area (Å²) in [6.07, 6.45) is 1.04. The first-order valence-electron chi connectivity index (χ1n) is 8.82. The molecule has 2 rings (SSSR count). The van der Waals surface area contributed by atoms with Crippen LogP contribution in [0.3, 0.4) is 0 Å². The standard InChI is InChI=1S/C21H28ClNO2/c1-5-21(3,4)23-14-17-12-19(24-6-2)20(13-18(17)22)25-15-16-10-8-7-9-11-16/h7-13,23H,5-6,14-15H2,1-4H3. The normalized spacial score (nSPS) is 11.4. The highest BCUT2D eigenvalue weighted by atomic mass is 35.5. The quantitative estimate of drug-likeness (QED) is 0.631. The molecule has 0 bridgehead atoms. The average Bonchev–Trinajstić information content (AvgIpc) is 2.61. The Balaban J connectivity index is 2.15. The summed E-state index contributed by atoms with van der Waals surface area (Å²) >= 11 is 6.48. The molecule has 0 aromatic heterocycles. The number of halogens is 1. The van der Waals surface area contributed by atoms with E-state index in [2.05, 4.69) is 26.1 Å². The van der Waals surface area contributed by atoms with Crippen molar-refractivity contribution in [1.29, 1.82) is 0 Å². The molecule has 0 unspecified atom stereocenters. The molecule has 0 aliphatic heterocycles. The second-order valence-electron chi connectivity index (χ2n) is 6.69. The highest BCUT2D eigenvalue weighted by molar-refractivity contribution is 6.31. The Morgan fingerprint density at radius 3 is 2.32 bits per heavy atom. The molecule has 0 saturated carbocycles. The largest absolute Gasteiger partial charge is 0.490 e. The molecule has 25 heavy (non-hydrogen) atoms. The third kappa shape index (κ3) is 5.94. The number of rotatable bonds is 9. The molecule has 2 aromatic carbocycles. The molecule has 0 saturated heterocycles. The summed E-state index contributed by atoms with van der Waals surface area (Å²) in [7, 11) is 0. The van der Waals surface area contributed by atoms with Crippen LogP contribution in [0.5, 0.6) is 11.5 Å². The lowest BCUT2D eigenvalue weighted by molar-refractivity contribution is 0.269. The third-order valence-corrected chi connectivity index (χ3v) is 4.64. The minimum absolute atomic E-state index is 0.0670. The van der Waals surface area contributed by atoms with Gasteiger partial charge in [-0.05, 0) is 44.4 Å². The molecule has 0 aliphatic rings. The van der Waals surface area contributed by atoms with E-state index in [4.69, 9.17) is 21.1 Å². The predicted octanol–water partition coefficient (Wildman–Crippen LogP) is 5.60. The molecule has 0 atom stereocenters. The van der Waals surface area contributed by atoms with Gasteiger partial charge < -0.3 is 14.8 Å². The first kappa shape index (κ1) is 19.6. The van der Waals surface area contributed by atoms with Crippen molar-refractivity contribution in [2.75, 3.05) is 6.61 Å². The maximum atomic E-state index is 6.48. The topological polar surface area (TPSA) is 30.5 Å². The van der Waals surface area contributed by atoms with Gasteiger partial charge in [-0.25, -0.2) is 0 Å². The van der Waals surface area contributed by atoms with Crippen LogP contribution in [-0.4, -0.2) is 12.1 Å². The summed E-state index contributed by atoms with van der Waals surface area (Å²) in [5, 5.41) is 4.22. The Kier molecular flexibility index (Phi) is 7.15. The van der Waals surface area contributed by atoms with Gasteiger partial charge in [0.25, 0.3) is 0 Å². The Morgan fingerprint density at radius 1 is 1.00 bits per heavy atom. The van der Waals surface area contributed by atoms with Crippen LogP contribution in [0.1, 0.15) is 45.2 Å². The SMILES string of the molecule is CCOc1cc(CNC(C)(C)CC)c(Cl)cc1OCc1ccccc1. The first-order chi connectivity index (χ1) is 11.9. The number of nitrogens with one attached hydrogen (secondary N) is 1. The second-order valence-corrected chi connectivity index (χ2v) is 7.10. The van der Waals surface area contributed by atoms with E-state index in [0.717, 1.165) is 23.3 Å². The van der Waals surface area contributed by atoms with Crippen LogP contribution in [0.4, 0.5) is 0 Å². The van der Waals surface area contributed by atoms with E-state index in [9.17, 15) is 0 Å². The molecule has 1 N–H and O–H groups in total. The van der Waals surface area contributed by atoms with Crippen molar-refractivity contribution < 1.29 is 9.47 Å². The fourth-order valence-electron chi connectivity index (χ4n) is 2.29. The monoisotopic (exact) mass is 361 g/mol. The van der Waals surface area contributed by atoms with Gasteiger partial charge in [-0.15, -0.1) is 0 Å². The maximum Gasteiger partial charge on any atom is 0.163 e. The lowest BCUT2D eigenvalue weighted by Gasteiger charge is -2.25. The van der Waals surface area contributed by atoms with Crippen molar-refractivity contribution in [3.05, 3.63) is 58.6 Å². The van der Waals surface area contributed by atoms with E-state index >= 15 is 0 Å². The predicted molar refractivity (Wildman–Crippen MR) is 105 cm³/mol. The number of hydrogen-bond donors (Lipinski definition) is 1. The summed E-state index contributed by atoms with van der Waals surface area (Å²) in [5.41, 5.74) is 2.19. The average molecular weight is 362 g/mol. The van der Waals surface area contributed by atoms with Gasteiger partial charge in [0.2, 0.25) is 0 Å². The minimum atomic E-state index is 0.0670. The van der Waals surface area contributed by atoms with Crippen LogP contribution < -0.4 is 14.8 Å². The Morgan fingerprint density at radius 2 is 1.68 bits per heavy atom. The number of benzene rings is 2. The van der Waals surface area contributed by atoms with Gasteiger partial charge in [0.15, 0.2) is 11.5 Å². The highest BCUT2D eigenvalue weighted by Gasteiger charge is 2.16. The highest BCUT2D eigenvalue weighted by Crippen LogP contribution is 2.34. The lowest BCUT2D eigenvalue weighted by Crippen LogP contribution is -2.37. The van der Waals surface area contributed by atoms with Crippen molar-refractivity contribution in [3.63, 3.8) is 0 Å². The molecule has 0 amide bonds. The molecule has 0 aliphatic carbocycles. The van der Waals surface area contributed by atoms with Gasteiger partial charge in [-0.3, -0.25) is 0 Å². The van der Waals surface area contributed by atoms with E-state index in [1.165, 1.54) is 0 Å². The van der Waals surface area contributed by atoms with E-state index in [1.807, 2.05) is 49.4 Å². The molecule has 136 valence electrons. The summed E-state index contributed by atoms with van der Waals surface area (Å²) in [4.78, 5) is 0. The van der Waals surface area contributed by atoms with Crippen LogP contribution >= 0.6 is 11.6 Å². The van der Waals surface area contributed by atoms with Crippen LogP contribution in [0, 0.1) is 0 Å². The lowest BCUT2D eigenvalue weighted by atomic mass is 10.0. The Bertz CT molecular complexity index is 671. The zero-order valence-corrected chi connectivity index (χ0v) is 16.3. The van der Waals surface area contributed by atoms with E-state index in [1.54, 1.807) is 0 Å². The van der Waals surface area contributed by atoms with Gasteiger partial charge in [0.05, 0.1) is 6.61 Å². The van der Waals surface area contributed by atoms with Crippen LogP contribution in [0.2, 0.25) is 5.02 Å². The van der Waals surface area contributed by atoms with E-state index in [-0.39, 0.29) is 5.54 Å². The molecular weight excluding hydrogens is 334 g/mol. The summed E-state index contributed by atoms with van der Waals surface area (Å²) in [6.45, 7) is 10.3. The van der Waals surface area contributed by atoms with Crippen LogP contribution in [0.15, 0.2) is 42.5 Å². The summed E-state index contributed by atoms with van der Waals surface area (Å²) in [5.74, 6) is 1.41. The molecule has 3 nitrogen and oxygen atoms in total. The zero-order valence-electron chi connectivity index (χ0n) is 15.6. The third-order valence-electron chi connectivity index (χ3n) is 4.29.